The van der Waals surface area contributed by atoms with Crippen molar-refractivity contribution >= 4 is 22.9 Å². The van der Waals surface area contributed by atoms with Crippen molar-refractivity contribution in [1.82, 2.24) is 29.2 Å². The highest BCUT2D eigenvalue weighted by molar-refractivity contribution is 5.82. The van der Waals surface area contributed by atoms with Crippen molar-refractivity contribution in [3.8, 4) is 5.82 Å². The summed E-state index contributed by atoms with van der Waals surface area (Å²) in [6, 6.07) is 3.65. The third kappa shape index (κ3) is 4.16. The molecule has 3 aromatic rings. The number of rotatable bonds is 5. The average molecular weight is 518 g/mol. The Morgan fingerprint density at radius 1 is 1.22 bits per heavy atom. The zero-order chi connectivity index (χ0) is 26.5. The molecule has 10 nitrogen and oxygen atoms in total. The molecule has 37 heavy (non-hydrogen) atoms. The molecule has 1 N–H and O–H groups in total. The fraction of sp³-hybridized carbons (Fsp3) is 0.458. The minimum atomic E-state index is -4.92. The van der Waals surface area contributed by atoms with E-state index in [4.69, 9.17) is 4.98 Å². The minimum Gasteiger partial charge on any atom is -0.384 e. The molecule has 2 aliphatic rings. The number of aryl methyl sites for hydroxylation is 1. The molecular weight excluding hydrogens is 491 g/mol. The Morgan fingerprint density at radius 2 is 1.95 bits per heavy atom. The van der Waals surface area contributed by atoms with E-state index in [1.165, 1.54) is 10.9 Å². The number of aliphatic hydroxyl groups is 1. The molecule has 5 rings (SSSR count). The highest BCUT2D eigenvalue weighted by Gasteiger charge is 2.43. The van der Waals surface area contributed by atoms with E-state index in [2.05, 4.69) is 16.5 Å². The third-order valence-electron chi connectivity index (χ3n) is 7.07. The van der Waals surface area contributed by atoms with E-state index in [9.17, 15) is 27.9 Å². The predicted octanol–water partition coefficient (Wildman–Crippen LogP) is 1.92. The molecule has 4 heterocycles. The summed E-state index contributed by atoms with van der Waals surface area (Å²) in [5.74, 6) is -1.25. The maximum Gasteiger partial charge on any atom is 0.471 e. The molecule has 1 saturated heterocycles. The number of carbonyl (C=O) groups is 1. The van der Waals surface area contributed by atoms with Crippen molar-refractivity contribution in [3.63, 3.8) is 0 Å². The standard InChI is InChI=1S/C24H26F3N7O3/c1-3-9-33-20(35)16-14-28-22(32-12-10-31(11-13-32)21(36)24(25,26)27)30-19(16)34(33)17-6-5-15-7-8-23(37,4-2)18(15)29-17/h3,5-6,14,37H,1,4,7-13H2,2H3/t23-/m1/s1. The summed E-state index contributed by atoms with van der Waals surface area (Å²) in [6.07, 6.45) is -0.201. The second-order valence-corrected chi connectivity index (χ2v) is 9.23. The van der Waals surface area contributed by atoms with E-state index in [0.717, 1.165) is 10.5 Å². The number of aromatic nitrogens is 5. The van der Waals surface area contributed by atoms with Crippen LogP contribution < -0.4 is 10.5 Å². The topological polar surface area (TPSA) is 109 Å². The molecule has 196 valence electrons. The van der Waals surface area contributed by atoms with Crippen LogP contribution >= 0.6 is 0 Å². The van der Waals surface area contributed by atoms with Gasteiger partial charge in [-0.05, 0) is 30.9 Å². The molecule has 1 aliphatic heterocycles. The van der Waals surface area contributed by atoms with Crippen LogP contribution in [-0.4, -0.2) is 72.6 Å². The van der Waals surface area contributed by atoms with Gasteiger partial charge in [0.25, 0.3) is 5.56 Å². The Hall–Kier alpha value is -3.74. The molecule has 0 radical (unpaired) electrons. The number of hydrogen-bond donors (Lipinski definition) is 1. The predicted molar refractivity (Wildman–Crippen MR) is 128 cm³/mol. The summed E-state index contributed by atoms with van der Waals surface area (Å²) >= 11 is 0. The number of nitrogens with zero attached hydrogens (tertiary/aromatic N) is 7. The SMILES string of the molecule is C=CCn1c(=O)c2cnc(N3CCN(C(=O)C(F)(F)F)CC3)nc2n1-c1ccc2c(n1)[C@@](O)(CC)CC2. The summed E-state index contributed by atoms with van der Waals surface area (Å²) in [5, 5.41) is 11.3. The van der Waals surface area contributed by atoms with Crippen LogP contribution in [0.5, 0.6) is 0 Å². The molecule has 0 spiro atoms. The van der Waals surface area contributed by atoms with Crippen molar-refractivity contribution in [2.45, 2.75) is 44.5 Å². The Balaban J connectivity index is 1.55. The number of carbonyl (C=O) groups excluding carboxylic acids is 1. The molecule has 0 aromatic carbocycles. The molecule has 0 unspecified atom stereocenters. The lowest BCUT2D eigenvalue weighted by atomic mass is 9.98. The van der Waals surface area contributed by atoms with Crippen LogP contribution in [0.3, 0.4) is 0 Å². The van der Waals surface area contributed by atoms with Gasteiger partial charge in [0.05, 0.1) is 12.2 Å². The first kappa shape index (κ1) is 24.9. The minimum absolute atomic E-state index is 0.103. The molecular formula is C24H26F3N7O3. The van der Waals surface area contributed by atoms with Gasteiger partial charge < -0.3 is 14.9 Å². The fourth-order valence-electron chi connectivity index (χ4n) is 4.98. The molecule has 3 aromatic heterocycles. The van der Waals surface area contributed by atoms with Crippen LogP contribution in [0.25, 0.3) is 16.9 Å². The van der Waals surface area contributed by atoms with Crippen molar-refractivity contribution in [2.75, 3.05) is 31.1 Å². The van der Waals surface area contributed by atoms with E-state index in [0.29, 0.717) is 30.8 Å². The molecule has 1 fully saturated rings. The summed E-state index contributed by atoms with van der Waals surface area (Å²) in [5.41, 5.74) is 0.396. The van der Waals surface area contributed by atoms with E-state index in [-0.39, 0.29) is 55.3 Å². The smallest absolute Gasteiger partial charge is 0.384 e. The number of alkyl halides is 3. The molecule has 1 amide bonds. The van der Waals surface area contributed by atoms with Gasteiger partial charge in [-0.1, -0.05) is 19.1 Å². The molecule has 1 atom stereocenters. The third-order valence-corrected chi connectivity index (χ3v) is 7.07. The first-order valence-corrected chi connectivity index (χ1v) is 12.0. The quantitative estimate of drug-likeness (QED) is 0.515. The van der Waals surface area contributed by atoms with Crippen LogP contribution in [0.4, 0.5) is 19.1 Å². The zero-order valence-corrected chi connectivity index (χ0v) is 20.2. The number of halogens is 3. The van der Waals surface area contributed by atoms with E-state index in [1.807, 2.05) is 13.0 Å². The van der Waals surface area contributed by atoms with E-state index >= 15 is 0 Å². The number of piperazine rings is 1. The van der Waals surface area contributed by atoms with Crippen molar-refractivity contribution < 1.29 is 23.1 Å². The van der Waals surface area contributed by atoms with Crippen molar-refractivity contribution in [3.05, 3.63) is 52.6 Å². The second kappa shape index (κ2) is 8.98. The van der Waals surface area contributed by atoms with Gasteiger partial charge in [0.1, 0.15) is 11.0 Å². The monoisotopic (exact) mass is 517 g/mol. The maximum atomic E-state index is 13.2. The number of hydrogen-bond acceptors (Lipinski definition) is 7. The van der Waals surface area contributed by atoms with E-state index < -0.39 is 17.7 Å². The summed E-state index contributed by atoms with van der Waals surface area (Å²) in [4.78, 5) is 40.8. The molecule has 0 saturated carbocycles. The first-order chi connectivity index (χ1) is 17.6. The number of anilines is 1. The van der Waals surface area contributed by atoms with Crippen LogP contribution in [0.1, 0.15) is 31.0 Å². The Labute approximate surface area is 209 Å². The van der Waals surface area contributed by atoms with Crippen molar-refractivity contribution in [1.29, 1.82) is 0 Å². The lowest BCUT2D eigenvalue weighted by Crippen LogP contribution is -2.52. The Bertz CT molecular complexity index is 1440. The van der Waals surface area contributed by atoms with Gasteiger partial charge in [-0.2, -0.15) is 18.2 Å². The number of allylic oxidation sites excluding steroid dienone is 1. The summed E-state index contributed by atoms with van der Waals surface area (Å²) < 4.78 is 41.4. The van der Waals surface area contributed by atoms with E-state index in [1.54, 1.807) is 21.7 Å². The zero-order valence-electron chi connectivity index (χ0n) is 20.2. The van der Waals surface area contributed by atoms with Crippen molar-refractivity contribution in [2.24, 2.45) is 0 Å². The van der Waals surface area contributed by atoms with Gasteiger partial charge in [0.2, 0.25) is 5.95 Å². The van der Waals surface area contributed by atoms with Crippen LogP contribution in [0, 0.1) is 0 Å². The highest BCUT2D eigenvalue weighted by Crippen LogP contribution is 2.38. The molecule has 0 bridgehead atoms. The normalized spacial score (nSPS) is 19.9. The molecule has 13 heteroatoms. The van der Waals surface area contributed by atoms with Gasteiger partial charge in [-0.15, -0.1) is 6.58 Å². The summed E-state index contributed by atoms with van der Waals surface area (Å²) in [7, 11) is 0. The van der Waals surface area contributed by atoms with Crippen LogP contribution in [-0.2, 0) is 23.4 Å². The van der Waals surface area contributed by atoms with Crippen LogP contribution in [0.15, 0.2) is 35.8 Å². The fourth-order valence-corrected chi connectivity index (χ4v) is 4.98. The van der Waals surface area contributed by atoms with Gasteiger partial charge in [-0.3, -0.25) is 9.59 Å². The highest BCUT2D eigenvalue weighted by atomic mass is 19.4. The summed E-state index contributed by atoms with van der Waals surface area (Å²) in [6.45, 7) is 5.73. The average Bonchev–Trinajstić information content (AvgIpc) is 3.37. The lowest BCUT2D eigenvalue weighted by molar-refractivity contribution is -0.185. The van der Waals surface area contributed by atoms with Crippen LogP contribution in [0.2, 0.25) is 0 Å². The lowest BCUT2D eigenvalue weighted by Gasteiger charge is -2.34. The number of pyridine rings is 1. The maximum absolute atomic E-state index is 13.2. The Morgan fingerprint density at radius 3 is 2.59 bits per heavy atom. The largest absolute Gasteiger partial charge is 0.471 e. The Kier molecular flexibility index (Phi) is 6.05. The number of fused-ring (bicyclic) bond motifs is 2. The molecule has 1 aliphatic carbocycles. The van der Waals surface area contributed by atoms with Gasteiger partial charge in [0, 0.05) is 32.4 Å². The van der Waals surface area contributed by atoms with Gasteiger partial charge in [-0.25, -0.2) is 19.3 Å². The number of amides is 1. The van der Waals surface area contributed by atoms with Gasteiger partial charge >= 0.3 is 12.1 Å². The van der Waals surface area contributed by atoms with Gasteiger partial charge in [0.15, 0.2) is 11.5 Å². The second-order valence-electron chi connectivity index (χ2n) is 9.23. The first-order valence-electron chi connectivity index (χ1n) is 12.0.